The molecule has 0 aliphatic rings. The van der Waals surface area contributed by atoms with E-state index in [1.54, 1.807) is 13.1 Å². The molecule has 0 radical (unpaired) electrons. The summed E-state index contributed by atoms with van der Waals surface area (Å²) in [4.78, 5) is 3.97. The molecule has 0 saturated carbocycles. The lowest BCUT2D eigenvalue weighted by molar-refractivity contribution is -0.137. The van der Waals surface area contributed by atoms with Crippen LogP contribution in [0.4, 0.5) is 13.2 Å². The van der Waals surface area contributed by atoms with Crippen LogP contribution in [-0.2, 0) is 6.18 Å². The van der Waals surface area contributed by atoms with Gasteiger partial charge in [0.1, 0.15) is 0 Å². The summed E-state index contributed by atoms with van der Waals surface area (Å²) < 4.78 is 39.6. The van der Waals surface area contributed by atoms with Gasteiger partial charge in [0.25, 0.3) is 0 Å². The number of nitrogens with zero attached hydrogens (tertiary/aromatic N) is 2. The third-order valence-corrected chi connectivity index (χ3v) is 2.42. The summed E-state index contributed by atoms with van der Waals surface area (Å²) >= 11 is 0. The summed E-state index contributed by atoms with van der Waals surface area (Å²) in [6, 6.07) is 3.51. The van der Waals surface area contributed by atoms with Gasteiger partial charge in [0.15, 0.2) is 0 Å². The van der Waals surface area contributed by atoms with Crippen LogP contribution >= 0.6 is 0 Å². The van der Waals surface area contributed by atoms with E-state index >= 15 is 0 Å². The molecule has 0 aliphatic heterocycles. The molecule has 0 amide bonds. The second-order valence-corrected chi connectivity index (χ2v) is 3.83. The van der Waals surface area contributed by atoms with Gasteiger partial charge in [0, 0.05) is 17.4 Å². The molecule has 0 atom stereocenters. The van der Waals surface area contributed by atoms with Crippen molar-refractivity contribution in [3.05, 3.63) is 47.5 Å². The molecule has 1 aromatic carbocycles. The van der Waals surface area contributed by atoms with Crippen LogP contribution in [0.5, 0.6) is 0 Å². The maximum atomic E-state index is 12.7. The molecule has 0 bridgehead atoms. The van der Waals surface area contributed by atoms with E-state index in [9.17, 15) is 13.2 Å². The fourth-order valence-electron chi connectivity index (χ4n) is 1.57. The van der Waals surface area contributed by atoms with E-state index in [4.69, 9.17) is 6.42 Å². The van der Waals surface area contributed by atoms with Crippen LogP contribution in [0.3, 0.4) is 0 Å². The third kappa shape index (κ3) is 2.38. The normalized spacial score (nSPS) is 11.3. The number of aryl methyl sites for hydroxylation is 1. The number of benzene rings is 1. The van der Waals surface area contributed by atoms with Crippen LogP contribution < -0.4 is 0 Å². The highest BCUT2D eigenvalue weighted by Gasteiger charge is 2.31. The fourth-order valence-corrected chi connectivity index (χ4v) is 1.57. The van der Waals surface area contributed by atoms with E-state index < -0.39 is 11.7 Å². The van der Waals surface area contributed by atoms with Gasteiger partial charge in [0.2, 0.25) is 0 Å². The van der Waals surface area contributed by atoms with Crippen molar-refractivity contribution in [3.63, 3.8) is 0 Å². The Morgan fingerprint density at radius 3 is 2.50 bits per heavy atom. The quantitative estimate of drug-likeness (QED) is 0.711. The summed E-state index contributed by atoms with van der Waals surface area (Å²) in [6.45, 7) is 1.76. The Balaban J connectivity index is 2.59. The van der Waals surface area contributed by atoms with Crippen molar-refractivity contribution >= 4 is 0 Å². The lowest BCUT2D eigenvalue weighted by Gasteiger charge is -2.10. The van der Waals surface area contributed by atoms with Crippen LogP contribution in [0.15, 0.2) is 30.7 Å². The summed E-state index contributed by atoms with van der Waals surface area (Å²) in [5.41, 5.74) is 0.485. The van der Waals surface area contributed by atoms with Crippen molar-refractivity contribution in [3.8, 4) is 18.0 Å². The monoisotopic (exact) mass is 250 g/mol. The highest BCUT2D eigenvalue weighted by Crippen LogP contribution is 2.31. The Hall–Kier alpha value is -2.22. The summed E-state index contributed by atoms with van der Waals surface area (Å²) in [5, 5.41) is 0. The van der Waals surface area contributed by atoms with Crippen molar-refractivity contribution in [2.45, 2.75) is 13.1 Å². The number of alkyl halides is 3. The molecule has 0 fully saturated rings. The first-order valence-corrected chi connectivity index (χ1v) is 5.10. The van der Waals surface area contributed by atoms with Crippen LogP contribution in [0.1, 0.15) is 16.8 Å². The molecule has 2 aromatic rings. The maximum Gasteiger partial charge on any atom is 0.416 e. The lowest BCUT2D eigenvalue weighted by Crippen LogP contribution is -2.06. The average molecular weight is 250 g/mol. The van der Waals surface area contributed by atoms with Crippen LogP contribution in [0.2, 0.25) is 0 Å². The largest absolute Gasteiger partial charge is 0.416 e. The second kappa shape index (κ2) is 4.22. The Morgan fingerprint density at radius 2 is 2.00 bits per heavy atom. The van der Waals surface area contributed by atoms with Crippen LogP contribution in [-0.4, -0.2) is 9.55 Å². The first kappa shape index (κ1) is 12.2. The average Bonchev–Trinajstić information content (AvgIpc) is 2.74. The first-order chi connectivity index (χ1) is 8.40. The molecular weight excluding hydrogens is 241 g/mol. The molecule has 1 heterocycles. The third-order valence-electron chi connectivity index (χ3n) is 2.42. The van der Waals surface area contributed by atoms with Crippen molar-refractivity contribution in [2.75, 3.05) is 0 Å². The predicted octanol–water partition coefficient (Wildman–Crippen LogP) is 3.18. The standard InChI is InChI=1S/C13H9F3N2/c1-3-10-4-11(13(14,15)16)6-12(5-10)18-7-9(2)17-8-18/h1,4-8H,2H3. The zero-order valence-electron chi connectivity index (χ0n) is 9.49. The van der Waals surface area contributed by atoms with Crippen molar-refractivity contribution in [2.24, 2.45) is 0 Å². The molecule has 1 aromatic heterocycles. The number of aromatic nitrogens is 2. The van der Waals surface area contributed by atoms with Crippen molar-refractivity contribution < 1.29 is 13.2 Å². The number of imidazole rings is 1. The number of rotatable bonds is 1. The zero-order chi connectivity index (χ0) is 13.3. The van der Waals surface area contributed by atoms with Crippen molar-refractivity contribution in [1.29, 1.82) is 0 Å². The fraction of sp³-hybridized carbons (Fsp3) is 0.154. The number of hydrogen-bond donors (Lipinski definition) is 0. The van der Waals surface area contributed by atoms with E-state index in [0.717, 1.165) is 17.8 Å². The summed E-state index contributed by atoms with van der Waals surface area (Å²) in [7, 11) is 0. The maximum absolute atomic E-state index is 12.7. The van der Waals surface area contributed by atoms with Gasteiger partial charge < -0.3 is 4.57 Å². The van der Waals surface area contributed by atoms with E-state index in [0.29, 0.717) is 5.69 Å². The number of hydrogen-bond acceptors (Lipinski definition) is 1. The SMILES string of the molecule is C#Cc1cc(-n2cnc(C)c2)cc(C(F)(F)F)c1. The molecule has 0 aliphatic carbocycles. The van der Waals surface area contributed by atoms with E-state index in [-0.39, 0.29) is 5.56 Å². The summed E-state index contributed by atoms with van der Waals surface area (Å²) in [5.74, 6) is 2.22. The minimum absolute atomic E-state index is 0.186. The van der Waals surface area contributed by atoms with Gasteiger partial charge in [-0.1, -0.05) is 5.92 Å². The van der Waals surface area contributed by atoms with Gasteiger partial charge in [-0.2, -0.15) is 13.2 Å². The van der Waals surface area contributed by atoms with E-state index in [1.165, 1.54) is 17.0 Å². The molecule has 18 heavy (non-hydrogen) atoms. The molecule has 2 rings (SSSR count). The van der Waals surface area contributed by atoms with Gasteiger partial charge in [-0.3, -0.25) is 0 Å². The van der Waals surface area contributed by atoms with Crippen LogP contribution in [0, 0.1) is 19.3 Å². The lowest BCUT2D eigenvalue weighted by atomic mass is 10.1. The molecule has 92 valence electrons. The number of terminal acetylenes is 1. The van der Waals surface area contributed by atoms with E-state index in [2.05, 4.69) is 10.9 Å². The topological polar surface area (TPSA) is 17.8 Å². The second-order valence-electron chi connectivity index (χ2n) is 3.83. The molecule has 0 N–H and O–H groups in total. The van der Waals surface area contributed by atoms with Gasteiger partial charge in [-0.15, -0.1) is 6.42 Å². The van der Waals surface area contributed by atoms with Gasteiger partial charge in [0.05, 0.1) is 17.6 Å². The first-order valence-electron chi connectivity index (χ1n) is 5.10. The number of halogens is 3. The molecule has 0 spiro atoms. The highest BCUT2D eigenvalue weighted by atomic mass is 19.4. The van der Waals surface area contributed by atoms with Gasteiger partial charge >= 0.3 is 6.18 Å². The predicted molar refractivity (Wildman–Crippen MR) is 61.2 cm³/mol. The Morgan fingerprint density at radius 1 is 1.28 bits per heavy atom. The molecule has 2 nitrogen and oxygen atoms in total. The highest BCUT2D eigenvalue weighted by molar-refractivity contribution is 5.47. The van der Waals surface area contributed by atoms with E-state index in [1.807, 2.05) is 0 Å². The molecule has 0 unspecified atom stereocenters. The van der Waals surface area contributed by atoms with Crippen molar-refractivity contribution in [1.82, 2.24) is 9.55 Å². The minimum Gasteiger partial charge on any atom is -0.306 e. The Bertz CT molecular complexity index is 618. The molecule has 0 saturated heterocycles. The smallest absolute Gasteiger partial charge is 0.306 e. The van der Waals surface area contributed by atoms with Gasteiger partial charge in [-0.05, 0) is 25.1 Å². The van der Waals surface area contributed by atoms with Gasteiger partial charge in [-0.25, -0.2) is 4.98 Å². The van der Waals surface area contributed by atoms with Crippen LogP contribution in [0.25, 0.3) is 5.69 Å². The Labute approximate surface area is 102 Å². The minimum atomic E-state index is -4.42. The molecule has 5 heteroatoms. The molecular formula is C13H9F3N2. The zero-order valence-corrected chi connectivity index (χ0v) is 9.49. The Kier molecular flexibility index (Phi) is 2.87. The summed E-state index contributed by atoms with van der Waals surface area (Å²) in [6.07, 6.45) is 3.84.